The monoisotopic (exact) mass is 226 g/mol. The van der Waals surface area contributed by atoms with Crippen LogP contribution in [0.5, 0.6) is 0 Å². The third kappa shape index (κ3) is 10.8. The first-order valence-electron chi connectivity index (χ1n) is 1.63. The summed E-state index contributed by atoms with van der Waals surface area (Å²) in [5.41, 5.74) is 0. The Morgan fingerprint density at radius 1 is 1.71 bits per heavy atom. The second-order valence-electron chi connectivity index (χ2n) is 0.838. The van der Waals surface area contributed by atoms with Gasteiger partial charge in [-0.3, -0.25) is 0 Å². The molecule has 2 nitrogen and oxygen atoms in total. The molecule has 0 amide bonds. The van der Waals surface area contributed by atoms with E-state index in [4.69, 9.17) is 5.11 Å². The van der Waals surface area contributed by atoms with E-state index in [2.05, 4.69) is 0 Å². The van der Waals surface area contributed by atoms with Crippen LogP contribution < -0.4 is 0 Å². The van der Waals surface area contributed by atoms with Crippen molar-refractivity contribution >= 4 is 5.97 Å². The average Bonchev–Trinajstić information content (AvgIpc) is 1.35. The zero-order valence-corrected chi connectivity index (χ0v) is 7.15. The van der Waals surface area contributed by atoms with Crippen LogP contribution in [0.15, 0.2) is 12.2 Å². The van der Waals surface area contributed by atoms with E-state index in [0.29, 0.717) is 0 Å². The average molecular weight is 226 g/mol. The molecule has 0 rings (SSSR count). The summed E-state index contributed by atoms with van der Waals surface area (Å²) in [6.07, 6.45) is 2.56. The van der Waals surface area contributed by atoms with Crippen LogP contribution in [0.25, 0.3) is 0 Å². The standard InChI is InChI=1S/C4H6O2.Ce/c1-2-3-4(5)6;/h2-3H,1H3,(H,5,6);/b3-2+;. The molecule has 0 bridgehead atoms. The summed E-state index contributed by atoms with van der Waals surface area (Å²) in [6, 6.07) is 0. The first-order chi connectivity index (χ1) is 2.77. The molecule has 1 N–H and O–H groups in total. The predicted molar refractivity (Wildman–Crippen MR) is 22.4 cm³/mol. The molecule has 0 aromatic heterocycles. The Bertz CT molecular complexity index is 77.8. The quantitative estimate of drug-likeness (QED) is 0.666. The van der Waals surface area contributed by atoms with Crippen LogP contribution in [0.4, 0.5) is 0 Å². The summed E-state index contributed by atoms with van der Waals surface area (Å²) in [5, 5.41) is 7.83. The Labute approximate surface area is 76.0 Å². The van der Waals surface area contributed by atoms with Gasteiger partial charge in [0.15, 0.2) is 0 Å². The predicted octanol–water partition coefficient (Wildman–Crippen LogP) is 0.647. The van der Waals surface area contributed by atoms with E-state index < -0.39 is 5.97 Å². The van der Waals surface area contributed by atoms with Gasteiger partial charge < -0.3 is 5.11 Å². The topological polar surface area (TPSA) is 37.3 Å². The first kappa shape index (κ1) is 10.5. The van der Waals surface area contributed by atoms with Gasteiger partial charge in [0.1, 0.15) is 0 Å². The molecule has 3 heteroatoms. The zero-order chi connectivity index (χ0) is 4.99. The van der Waals surface area contributed by atoms with Gasteiger partial charge >= 0.3 is 5.97 Å². The minimum atomic E-state index is -0.891. The molecule has 0 spiro atoms. The van der Waals surface area contributed by atoms with E-state index in [-0.39, 0.29) is 41.7 Å². The smallest absolute Gasteiger partial charge is 0.327 e. The molecule has 0 saturated carbocycles. The minimum Gasteiger partial charge on any atom is -0.478 e. The third-order valence-corrected chi connectivity index (χ3v) is 0.309. The molecule has 0 aromatic carbocycles. The Hall–Kier alpha value is 0.587. The summed E-state index contributed by atoms with van der Waals surface area (Å²) < 4.78 is 0. The van der Waals surface area contributed by atoms with Crippen LogP contribution >= 0.6 is 0 Å². The van der Waals surface area contributed by atoms with Crippen molar-refractivity contribution in [3.8, 4) is 0 Å². The van der Waals surface area contributed by atoms with Gasteiger partial charge in [-0.05, 0) is 6.92 Å². The fourth-order valence-electron chi connectivity index (χ4n) is 0.143. The fraction of sp³-hybridized carbons (Fsp3) is 0.250. The van der Waals surface area contributed by atoms with E-state index in [1.807, 2.05) is 0 Å². The van der Waals surface area contributed by atoms with E-state index in [9.17, 15) is 4.79 Å². The van der Waals surface area contributed by atoms with Gasteiger partial charge in [0, 0.05) is 47.8 Å². The third-order valence-electron chi connectivity index (χ3n) is 0.309. The molecule has 0 fully saturated rings. The molecular formula is C4H6CeO2. The van der Waals surface area contributed by atoms with Gasteiger partial charge in [0.2, 0.25) is 0 Å². The largest absolute Gasteiger partial charge is 0.478 e. The van der Waals surface area contributed by atoms with Gasteiger partial charge in [-0.1, -0.05) is 6.08 Å². The van der Waals surface area contributed by atoms with E-state index in [1.165, 1.54) is 6.08 Å². The van der Waals surface area contributed by atoms with Crippen molar-refractivity contribution in [1.29, 1.82) is 0 Å². The van der Waals surface area contributed by atoms with Crippen molar-refractivity contribution in [1.82, 2.24) is 0 Å². The van der Waals surface area contributed by atoms with Gasteiger partial charge in [-0.25, -0.2) is 4.79 Å². The number of carboxylic acid groups (broad SMARTS) is 1. The summed E-state index contributed by atoms with van der Waals surface area (Å²) in [7, 11) is 0. The Kier molecular flexibility index (Phi) is 9.92. The van der Waals surface area contributed by atoms with Crippen LogP contribution in [0.2, 0.25) is 0 Å². The molecule has 0 aliphatic rings. The molecule has 0 aliphatic heterocycles. The van der Waals surface area contributed by atoms with Crippen molar-refractivity contribution in [2.24, 2.45) is 0 Å². The molecule has 0 heterocycles. The Morgan fingerprint density at radius 2 is 2.14 bits per heavy atom. The molecule has 0 aliphatic carbocycles. The fourth-order valence-corrected chi connectivity index (χ4v) is 0.143. The van der Waals surface area contributed by atoms with Crippen molar-refractivity contribution in [2.45, 2.75) is 6.92 Å². The zero-order valence-electron chi connectivity index (χ0n) is 4.01. The maximum absolute atomic E-state index is 9.51. The van der Waals surface area contributed by atoms with E-state index in [0.717, 1.165) is 6.08 Å². The molecule has 0 radical (unpaired) electrons. The molecule has 0 atom stereocenters. The van der Waals surface area contributed by atoms with E-state index in [1.54, 1.807) is 6.92 Å². The number of carboxylic acids is 1. The second-order valence-corrected chi connectivity index (χ2v) is 0.838. The number of allylic oxidation sites excluding steroid dienone is 1. The van der Waals surface area contributed by atoms with Crippen molar-refractivity contribution < 1.29 is 51.6 Å². The maximum Gasteiger partial charge on any atom is 0.327 e. The van der Waals surface area contributed by atoms with Crippen molar-refractivity contribution in [3.05, 3.63) is 12.2 Å². The van der Waals surface area contributed by atoms with Crippen molar-refractivity contribution in [3.63, 3.8) is 0 Å². The molecule has 0 aromatic rings. The number of hydrogen-bond acceptors (Lipinski definition) is 1. The Morgan fingerprint density at radius 3 is 2.14 bits per heavy atom. The van der Waals surface area contributed by atoms with Crippen LogP contribution in [-0.2, 0) is 4.79 Å². The SMILES string of the molecule is C/C=C/C(=O)O.[Ce]. The number of carbonyl (C=O) groups is 1. The summed E-state index contributed by atoms with van der Waals surface area (Å²) in [5.74, 6) is -0.891. The van der Waals surface area contributed by atoms with Crippen molar-refractivity contribution in [2.75, 3.05) is 0 Å². The molecular weight excluding hydrogens is 220 g/mol. The maximum atomic E-state index is 9.51. The first-order valence-corrected chi connectivity index (χ1v) is 1.63. The van der Waals surface area contributed by atoms with Gasteiger partial charge in [0.05, 0.1) is 0 Å². The van der Waals surface area contributed by atoms with Crippen LogP contribution in [-0.4, -0.2) is 11.1 Å². The van der Waals surface area contributed by atoms with Gasteiger partial charge in [0.25, 0.3) is 0 Å². The van der Waals surface area contributed by atoms with Crippen LogP contribution in [0, 0.1) is 41.7 Å². The molecule has 7 heavy (non-hydrogen) atoms. The minimum absolute atomic E-state index is 0. The number of aliphatic carboxylic acids is 1. The van der Waals surface area contributed by atoms with Gasteiger partial charge in [-0.15, -0.1) is 0 Å². The molecule has 0 saturated heterocycles. The van der Waals surface area contributed by atoms with Gasteiger partial charge in [-0.2, -0.15) is 0 Å². The summed E-state index contributed by atoms with van der Waals surface area (Å²) in [4.78, 5) is 9.51. The molecule has 0 unspecified atom stereocenters. The number of rotatable bonds is 1. The summed E-state index contributed by atoms with van der Waals surface area (Å²) >= 11 is 0. The van der Waals surface area contributed by atoms with Crippen LogP contribution in [0.3, 0.4) is 0 Å². The van der Waals surface area contributed by atoms with E-state index >= 15 is 0 Å². The molecule has 38 valence electrons. The normalized spacial score (nSPS) is 8.14. The van der Waals surface area contributed by atoms with Crippen LogP contribution in [0.1, 0.15) is 6.92 Å². The number of hydrogen-bond donors (Lipinski definition) is 1. The second kappa shape index (κ2) is 6.59. The Balaban J connectivity index is 0. The summed E-state index contributed by atoms with van der Waals surface area (Å²) in [6.45, 7) is 1.66.